The monoisotopic (exact) mass is 317 g/mol. The fraction of sp³-hybridized carbons (Fsp3) is 0.632. The highest BCUT2D eigenvalue weighted by Gasteiger charge is 2.33. The molecule has 1 fully saturated rings. The minimum atomic E-state index is -0.321. The molecule has 0 saturated carbocycles. The van der Waals surface area contributed by atoms with E-state index in [1.165, 1.54) is 5.56 Å². The molecule has 4 nitrogen and oxygen atoms in total. The van der Waals surface area contributed by atoms with Crippen LogP contribution >= 0.6 is 0 Å². The van der Waals surface area contributed by atoms with Gasteiger partial charge in [-0.25, -0.2) is 0 Å². The Kier molecular flexibility index (Phi) is 6.19. The van der Waals surface area contributed by atoms with E-state index in [0.717, 1.165) is 32.5 Å². The summed E-state index contributed by atoms with van der Waals surface area (Å²) in [5.74, 6) is 0.543. The molecule has 1 aliphatic rings. The van der Waals surface area contributed by atoms with Crippen molar-refractivity contribution in [3.05, 3.63) is 35.9 Å². The van der Waals surface area contributed by atoms with Gasteiger partial charge >= 0.3 is 0 Å². The zero-order chi connectivity index (χ0) is 16.9. The quantitative estimate of drug-likeness (QED) is 0.847. The Morgan fingerprint density at radius 3 is 2.70 bits per heavy atom. The summed E-state index contributed by atoms with van der Waals surface area (Å²) in [6.45, 7) is 9.54. The van der Waals surface area contributed by atoms with Gasteiger partial charge in [-0.3, -0.25) is 9.69 Å². The van der Waals surface area contributed by atoms with Crippen molar-refractivity contribution in [2.75, 3.05) is 19.6 Å². The second kappa shape index (κ2) is 7.93. The normalized spacial score (nSPS) is 21.9. The molecule has 3 N–H and O–H groups in total. The molecule has 0 aliphatic carbocycles. The number of nitrogens with zero attached hydrogens (tertiary/aromatic N) is 1. The molecule has 2 unspecified atom stereocenters. The van der Waals surface area contributed by atoms with Gasteiger partial charge in [0.15, 0.2) is 0 Å². The second-order valence-corrected chi connectivity index (χ2v) is 7.33. The Labute approximate surface area is 140 Å². The third-order valence-electron chi connectivity index (χ3n) is 5.23. The maximum Gasteiger partial charge on any atom is 0.224 e. The maximum atomic E-state index is 12.7. The van der Waals surface area contributed by atoms with Crippen LogP contribution in [0.25, 0.3) is 0 Å². The van der Waals surface area contributed by atoms with Crippen LogP contribution in [-0.2, 0) is 11.3 Å². The molecule has 1 aliphatic heterocycles. The van der Waals surface area contributed by atoms with Crippen LogP contribution in [0.4, 0.5) is 0 Å². The Bertz CT molecular complexity index is 503. The Morgan fingerprint density at radius 1 is 1.39 bits per heavy atom. The van der Waals surface area contributed by atoms with E-state index in [0.29, 0.717) is 12.5 Å². The number of likely N-dealkylation sites (tertiary alicyclic amines) is 1. The van der Waals surface area contributed by atoms with Gasteiger partial charge in [0.2, 0.25) is 5.91 Å². The standard InChI is InChI=1S/C19H31N3O/c1-15(2)19(3,14-20)21-18(23)17-10-7-11-22(13-17)12-16-8-5-4-6-9-16/h4-6,8-9,15,17H,7,10-14,20H2,1-3H3,(H,21,23). The molecule has 128 valence electrons. The molecule has 2 rings (SSSR count). The first-order chi connectivity index (χ1) is 10.9. The lowest BCUT2D eigenvalue weighted by Crippen LogP contribution is -2.57. The SMILES string of the molecule is CC(C)C(C)(CN)NC(=O)C1CCCN(Cc2ccccc2)C1. The van der Waals surface area contributed by atoms with Crippen LogP contribution < -0.4 is 11.1 Å². The molecule has 1 aromatic rings. The van der Waals surface area contributed by atoms with Gasteiger partial charge < -0.3 is 11.1 Å². The van der Waals surface area contributed by atoms with Crippen LogP contribution in [0, 0.1) is 11.8 Å². The largest absolute Gasteiger partial charge is 0.349 e. The molecule has 0 bridgehead atoms. The van der Waals surface area contributed by atoms with Crippen LogP contribution in [-0.4, -0.2) is 36.0 Å². The first-order valence-electron chi connectivity index (χ1n) is 8.73. The first-order valence-corrected chi connectivity index (χ1v) is 8.73. The van der Waals surface area contributed by atoms with Gasteiger partial charge in [0.1, 0.15) is 0 Å². The Morgan fingerprint density at radius 2 is 2.09 bits per heavy atom. The van der Waals surface area contributed by atoms with Crippen molar-refractivity contribution in [1.29, 1.82) is 0 Å². The molecule has 23 heavy (non-hydrogen) atoms. The summed E-state index contributed by atoms with van der Waals surface area (Å²) in [5.41, 5.74) is 6.88. The molecule has 1 aromatic carbocycles. The topological polar surface area (TPSA) is 58.4 Å². The minimum absolute atomic E-state index is 0.0667. The Hall–Kier alpha value is -1.39. The van der Waals surface area contributed by atoms with Crippen molar-refractivity contribution in [3.8, 4) is 0 Å². The average molecular weight is 317 g/mol. The zero-order valence-electron chi connectivity index (χ0n) is 14.7. The molecule has 2 atom stereocenters. The number of piperidine rings is 1. The predicted molar refractivity (Wildman–Crippen MR) is 94.9 cm³/mol. The van der Waals surface area contributed by atoms with Gasteiger partial charge in [-0.05, 0) is 37.8 Å². The van der Waals surface area contributed by atoms with Gasteiger partial charge in [-0.1, -0.05) is 44.2 Å². The number of hydrogen-bond acceptors (Lipinski definition) is 3. The summed E-state index contributed by atoms with van der Waals surface area (Å²) < 4.78 is 0. The second-order valence-electron chi connectivity index (χ2n) is 7.33. The number of rotatable bonds is 6. The number of carbonyl (C=O) groups excluding carboxylic acids is 1. The van der Waals surface area contributed by atoms with Crippen molar-refractivity contribution >= 4 is 5.91 Å². The van der Waals surface area contributed by atoms with Crippen molar-refractivity contribution < 1.29 is 4.79 Å². The highest BCUT2D eigenvalue weighted by molar-refractivity contribution is 5.79. The van der Waals surface area contributed by atoms with Crippen molar-refractivity contribution in [2.45, 2.75) is 45.7 Å². The number of hydrogen-bond donors (Lipinski definition) is 2. The van der Waals surface area contributed by atoms with Gasteiger partial charge in [-0.15, -0.1) is 0 Å². The number of amides is 1. The molecule has 4 heteroatoms. The average Bonchev–Trinajstić information content (AvgIpc) is 2.55. The molecule has 1 saturated heterocycles. The van der Waals surface area contributed by atoms with Crippen molar-refractivity contribution in [2.24, 2.45) is 17.6 Å². The zero-order valence-corrected chi connectivity index (χ0v) is 14.7. The van der Waals surface area contributed by atoms with Crippen LogP contribution in [0.1, 0.15) is 39.2 Å². The summed E-state index contributed by atoms with van der Waals surface area (Å²) in [5, 5.41) is 3.21. The number of carbonyl (C=O) groups is 1. The molecular formula is C19H31N3O. The lowest BCUT2D eigenvalue weighted by atomic mass is 9.87. The van der Waals surface area contributed by atoms with Crippen LogP contribution in [0.5, 0.6) is 0 Å². The molecule has 0 aromatic heterocycles. The summed E-state index contributed by atoms with van der Waals surface area (Å²) >= 11 is 0. The predicted octanol–water partition coefficient (Wildman–Crippen LogP) is 2.39. The highest BCUT2D eigenvalue weighted by atomic mass is 16.2. The van der Waals surface area contributed by atoms with E-state index in [1.54, 1.807) is 0 Å². The lowest BCUT2D eigenvalue weighted by molar-refractivity contribution is -0.129. The summed E-state index contributed by atoms with van der Waals surface area (Å²) in [6, 6.07) is 10.5. The van der Waals surface area contributed by atoms with Gasteiger partial charge in [-0.2, -0.15) is 0 Å². The number of nitrogens with one attached hydrogen (secondary N) is 1. The summed E-state index contributed by atoms with van der Waals surface area (Å²) in [4.78, 5) is 15.1. The van der Waals surface area contributed by atoms with Gasteiger partial charge in [0.05, 0.1) is 11.5 Å². The van der Waals surface area contributed by atoms with Gasteiger partial charge in [0.25, 0.3) is 0 Å². The van der Waals surface area contributed by atoms with E-state index >= 15 is 0 Å². The minimum Gasteiger partial charge on any atom is -0.349 e. The maximum absolute atomic E-state index is 12.7. The molecule has 1 amide bonds. The Balaban J connectivity index is 1.94. The number of nitrogens with two attached hydrogens (primary N) is 1. The van der Waals surface area contributed by atoms with E-state index in [9.17, 15) is 4.79 Å². The van der Waals surface area contributed by atoms with E-state index in [1.807, 2.05) is 13.0 Å². The summed E-state index contributed by atoms with van der Waals surface area (Å²) in [7, 11) is 0. The first kappa shape index (κ1) is 18.0. The smallest absolute Gasteiger partial charge is 0.224 e. The van der Waals surface area contributed by atoms with Crippen LogP contribution in [0.15, 0.2) is 30.3 Å². The molecule has 1 heterocycles. The van der Waals surface area contributed by atoms with Crippen LogP contribution in [0.2, 0.25) is 0 Å². The molecule has 0 spiro atoms. The van der Waals surface area contributed by atoms with Crippen molar-refractivity contribution in [1.82, 2.24) is 10.2 Å². The summed E-state index contributed by atoms with van der Waals surface area (Å²) in [6.07, 6.45) is 2.04. The van der Waals surface area contributed by atoms with Crippen LogP contribution in [0.3, 0.4) is 0 Å². The van der Waals surface area contributed by atoms with E-state index in [2.05, 4.69) is 48.3 Å². The van der Waals surface area contributed by atoms with Gasteiger partial charge in [0, 0.05) is 19.6 Å². The van der Waals surface area contributed by atoms with E-state index in [4.69, 9.17) is 5.73 Å². The highest BCUT2D eigenvalue weighted by Crippen LogP contribution is 2.21. The third kappa shape index (κ3) is 4.79. The molecular weight excluding hydrogens is 286 g/mol. The third-order valence-corrected chi connectivity index (χ3v) is 5.23. The van der Waals surface area contributed by atoms with E-state index < -0.39 is 0 Å². The fourth-order valence-electron chi connectivity index (χ4n) is 3.07. The number of benzene rings is 1. The van der Waals surface area contributed by atoms with E-state index in [-0.39, 0.29) is 17.4 Å². The molecule has 0 radical (unpaired) electrons. The lowest BCUT2D eigenvalue weighted by Gasteiger charge is -2.37. The van der Waals surface area contributed by atoms with Crippen molar-refractivity contribution in [3.63, 3.8) is 0 Å². The fourth-order valence-corrected chi connectivity index (χ4v) is 3.07.